The molecule has 0 aliphatic heterocycles. The van der Waals surface area contributed by atoms with Crippen LogP contribution in [0, 0.1) is 0 Å². The molecule has 1 aromatic rings. The standard InChI is InChI=1S/C17H25N/c1-4-11-18-17(12-13(2)3)16-10-9-14-7-5-6-8-15(14)16/h5-8,12,16-18H,4,9-11H2,1-3H3. The molecule has 0 saturated heterocycles. The SMILES string of the molecule is CCCNC(C=C(C)C)C1CCc2ccccc21. The van der Waals surface area contributed by atoms with Crippen LogP contribution in [0.25, 0.3) is 0 Å². The highest BCUT2D eigenvalue weighted by Gasteiger charge is 2.27. The second kappa shape index (κ2) is 6.19. The lowest BCUT2D eigenvalue weighted by Crippen LogP contribution is -2.33. The number of nitrogens with one attached hydrogen (secondary N) is 1. The second-order valence-corrected chi connectivity index (χ2v) is 5.57. The van der Waals surface area contributed by atoms with E-state index in [0.29, 0.717) is 12.0 Å². The maximum Gasteiger partial charge on any atom is 0.0321 e. The summed E-state index contributed by atoms with van der Waals surface area (Å²) in [6.07, 6.45) is 6.12. The van der Waals surface area contributed by atoms with Crippen molar-refractivity contribution in [2.24, 2.45) is 0 Å². The van der Waals surface area contributed by atoms with Crippen LogP contribution in [-0.4, -0.2) is 12.6 Å². The molecule has 1 nitrogen and oxygen atoms in total. The fraction of sp³-hybridized carbons (Fsp3) is 0.529. The Morgan fingerprint density at radius 1 is 1.39 bits per heavy atom. The maximum absolute atomic E-state index is 3.71. The molecule has 1 N–H and O–H groups in total. The molecule has 0 amide bonds. The van der Waals surface area contributed by atoms with Crippen molar-refractivity contribution in [1.29, 1.82) is 0 Å². The summed E-state index contributed by atoms with van der Waals surface area (Å²) in [7, 11) is 0. The molecule has 0 aromatic heterocycles. The Labute approximate surface area is 111 Å². The van der Waals surface area contributed by atoms with Crippen molar-refractivity contribution >= 4 is 0 Å². The van der Waals surface area contributed by atoms with Gasteiger partial charge in [-0.05, 0) is 50.8 Å². The molecule has 98 valence electrons. The maximum atomic E-state index is 3.71. The van der Waals surface area contributed by atoms with E-state index in [2.05, 4.69) is 56.4 Å². The Morgan fingerprint density at radius 2 is 2.17 bits per heavy atom. The molecular weight excluding hydrogens is 218 g/mol. The van der Waals surface area contributed by atoms with Gasteiger partial charge in [0.05, 0.1) is 0 Å². The van der Waals surface area contributed by atoms with Crippen molar-refractivity contribution in [3.63, 3.8) is 0 Å². The third kappa shape index (κ3) is 3.02. The van der Waals surface area contributed by atoms with Crippen LogP contribution in [0.15, 0.2) is 35.9 Å². The van der Waals surface area contributed by atoms with Gasteiger partial charge in [0.15, 0.2) is 0 Å². The molecule has 2 atom stereocenters. The van der Waals surface area contributed by atoms with Crippen molar-refractivity contribution in [2.75, 3.05) is 6.54 Å². The summed E-state index contributed by atoms with van der Waals surface area (Å²) in [5.74, 6) is 0.655. The molecule has 0 heterocycles. The summed E-state index contributed by atoms with van der Waals surface area (Å²) in [5.41, 5.74) is 4.52. The number of hydrogen-bond acceptors (Lipinski definition) is 1. The molecule has 0 radical (unpaired) electrons. The minimum Gasteiger partial charge on any atom is -0.310 e. The van der Waals surface area contributed by atoms with E-state index in [1.807, 2.05) is 0 Å². The number of aryl methyl sites for hydroxylation is 1. The van der Waals surface area contributed by atoms with Crippen molar-refractivity contribution < 1.29 is 0 Å². The molecule has 1 aliphatic carbocycles. The van der Waals surface area contributed by atoms with Gasteiger partial charge in [-0.2, -0.15) is 0 Å². The summed E-state index contributed by atoms with van der Waals surface area (Å²) < 4.78 is 0. The molecule has 1 heteroatoms. The minimum absolute atomic E-state index is 0.499. The molecule has 2 rings (SSSR count). The summed E-state index contributed by atoms with van der Waals surface area (Å²) in [5, 5.41) is 3.71. The van der Waals surface area contributed by atoms with Crippen molar-refractivity contribution in [3.8, 4) is 0 Å². The quantitative estimate of drug-likeness (QED) is 0.769. The summed E-state index contributed by atoms with van der Waals surface area (Å²) in [4.78, 5) is 0. The number of hydrogen-bond donors (Lipinski definition) is 1. The average Bonchev–Trinajstić information content (AvgIpc) is 2.78. The lowest BCUT2D eigenvalue weighted by atomic mass is 9.92. The van der Waals surface area contributed by atoms with Gasteiger partial charge in [-0.1, -0.05) is 42.8 Å². The minimum atomic E-state index is 0.499. The second-order valence-electron chi connectivity index (χ2n) is 5.57. The predicted molar refractivity (Wildman–Crippen MR) is 79.0 cm³/mol. The van der Waals surface area contributed by atoms with Crippen LogP contribution in [-0.2, 0) is 6.42 Å². The van der Waals surface area contributed by atoms with Gasteiger partial charge in [0.2, 0.25) is 0 Å². The Kier molecular flexibility index (Phi) is 4.60. The third-order valence-electron chi connectivity index (χ3n) is 3.76. The van der Waals surface area contributed by atoms with Gasteiger partial charge in [-0.15, -0.1) is 0 Å². The topological polar surface area (TPSA) is 12.0 Å². The van der Waals surface area contributed by atoms with E-state index in [0.717, 1.165) is 6.54 Å². The molecule has 0 spiro atoms. The fourth-order valence-corrected chi connectivity index (χ4v) is 2.95. The van der Waals surface area contributed by atoms with E-state index in [4.69, 9.17) is 0 Å². The van der Waals surface area contributed by atoms with E-state index < -0.39 is 0 Å². The third-order valence-corrected chi connectivity index (χ3v) is 3.76. The van der Waals surface area contributed by atoms with Crippen LogP contribution in [0.2, 0.25) is 0 Å². The summed E-state index contributed by atoms with van der Waals surface area (Å²) >= 11 is 0. The first kappa shape index (κ1) is 13.4. The number of rotatable bonds is 5. The average molecular weight is 243 g/mol. The first-order valence-corrected chi connectivity index (χ1v) is 7.18. The summed E-state index contributed by atoms with van der Waals surface area (Å²) in [6.45, 7) is 7.73. The van der Waals surface area contributed by atoms with Gasteiger partial charge < -0.3 is 5.32 Å². The van der Waals surface area contributed by atoms with E-state index >= 15 is 0 Å². The van der Waals surface area contributed by atoms with Gasteiger partial charge in [-0.25, -0.2) is 0 Å². The molecule has 18 heavy (non-hydrogen) atoms. The Bertz CT molecular complexity index is 415. The van der Waals surface area contributed by atoms with E-state index in [1.54, 1.807) is 11.1 Å². The molecular formula is C17H25N. The predicted octanol–water partition coefficient (Wildman–Crippen LogP) is 4.05. The Balaban J connectivity index is 2.19. The normalized spacial score (nSPS) is 19.4. The highest BCUT2D eigenvalue weighted by atomic mass is 14.9. The molecule has 0 bridgehead atoms. The number of allylic oxidation sites excluding steroid dienone is 1. The lowest BCUT2D eigenvalue weighted by Gasteiger charge is -2.23. The largest absolute Gasteiger partial charge is 0.310 e. The zero-order valence-electron chi connectivity index (χ0n) is 11.9. The molecule has 0 fully saturated rings. The van der Waals surface area contributed by atoms with Gasteiger partial charge in [0.25, 0.3) is 0 Å². The molecule has 1 aromatic carbocycles. The Morgan fingerprint density at radius 3 is 2.89 bits per heavy atom. The van der Waals surface area contributed by atoms with E-state index in [1.165, 1.54) is 24.8 Å². The first-order chi connectivity index (χ1) is 8.72. The highest BCUT2D eigenvalue weighted by molar-refractivity contribution is 5.37. The van der Waals surface area contributed by atoms with Crippen LogP contribution in [0.5, 0.6) is 0 Å². The van der Waals surface area contributed by atoms with E-state index in [-0.39, 0.29) is 0 Å². The van der Waals surface area contributed by atoms with Crippen molar-refractivity contribution in [2.45, 2.75) is 52.0 Å². The monoisotopic (exact) mass is 243 g/mol. The molecule has 2 unspecified atom stereocenters. The number of fused-ring (bicyclic) bond motifs is 1. The summed E-state index contributed by atoms with van der Waals surface area (Å²) in [6, 6.07) is 9.44. The molecule has 0 saturated carbocycles. The van der Waals surface area contributed by atoms with Gasteiger partial charge in [0.1, 0.15) is 0 Å². The molecule has 1 aliphatic rings. The van der Waals surface area contributed by atoms with Gasteiger partial charge in [-0.3, -0.25) is 0 Å². The van der Waals surface area contributed by atoms with Crippen molar-refractivity contribution in [1.82, 2.24) is 5.32 Å². The Hall–Kier alpha value is -1.08. The van der Waals surface area contributed by atoms with Crippen LogP contribution in [0.3, 0.4) is 0 Å². The van der Waals surface area contributed by atoms with Gasteiger partial charge >= 0.3 is 0 Å². The van der Waals surface area contributed by atoms with Gasteiger partial charge in [0, 0.05) is 12.0 Å². The zero-order valence-corrected chi connectivity index (χ0v) is 11.9. The highest BCUT2D eigenvalue weighted by Crippen LogP contribution is 2.36. The first-order valence-electron chi connectivity index (χ1n) is 7.18. The fourth-order valence-electron chi connectivity index (χ4n) is 2.95. The van der Waals surface area contributed by atoms with Crippen LogP contribution in [0.4, 0.5) is 0 Å². The van der Waals surface area contributed by atoms with Crippen LogP contribution < -0.4 is 5.32 Å². The van der Waals surface area contributed by atoms with Crippen molar-refractivity contribution in [3.05, 3.63) is 47.0 Å². The smallest absolute Gasteiger partial charge is 0.0321 e. The van der Waals surface area contributed by atoms with Crippen LogP contribution in [0.1, 0.15) is 50.7 Å². The van der Waals surface area contributed by atoms with E-state index in [9.17, 15) is 0 Å². The zero-order chi connectivity index (χ0) is 13.0. The van der Waals surface area contributed by atoms with Crippen LogP contribution >= 0.6 is 0 Å². The number of benzene rings is 1. The lowest BCUT2D eigenvalue weighted by molar-refractivity contribution is 0.491.